The molecule has 0 aliphatic heterocycles. The van der Waals surface area contributed by atoms with E-state index in [0.29, 0.717) is 19.3 Å². The van der Waals surface area contributed by atoms with Gasteiger partial charge in [0.05, 0.1) is 34.9 Å². The Hall–Kier alpha value is -2.76. The molecule has 2 amide bonds. The van der Waals surface area contributed by atoms with Gasteiger partial charge in [0.1, 0.15) is 6.10 Å². The molecule has 11 heteroatoms. The summed E-state index contributed by atoms with van der Waals surface area (Å²) in [6, 6.07) is 8.31. The standard InChI is InChI=1S/C34H54N4O6S/c1-6-24(2)31(40)32(41)29(20-26-15-11-8-12-16-26)38(30(39)18-17-28-21-35-23-36-28)37-33(42)27(19-25-13-9-7-10-14-25)22-45(43,44)34(3,4)5/h7,9-10,13-14,21,23-24,26-27,29,31-32,40-41H,6,8,11-12,15-20,22H2,1-5H3,(H,35,36)(H,37,42)/t24-,27+,29-,31-,32+/m0/s1. The van der Waals surface area contributed by atoms with Crippen LogP contribution in [0.1, 0.15) is 97.2 Å². The molecular weight excluding hydrogens is 592 g/mol. The number of carbonyl (C=O) groups excluding carboxylic acids is 2. The number of carbonyl (C=O) groups is 2. The van der Waals surface area contributed by atoms with Crippen molar-refractivity contribution in [2.75, 3.05) is 5.75 Å². The number of sulfone groups is 1. The summed E-state index contributed by atoms with van der Waals surface area (Å²) in [6.07, 6.45) is 7.36. The average molecular weight is 647 g/mol. The van der Waals surface area contributed by atoms with E-state index in [1.54, 1.807) is 27.0 Å². The Morgan fingerprint density at radius 1 is 1.09 bits per heavy atom. The molecule has 1 aromatic heterocycles. The Bertz CT molecular complexity index is 1290. The number of aromatic amines is 1. The molecule has 4 N–H and O–H groups in total. The monoisotopic (exact) mass is 646 g/mol. The molecule has 0 saturated heterocycles. The SMILES string of the molecule is CC[C@H](C)[C@H](O)[C@H](O)[C@H](CC1CCCCC1)N(NC(=O)[C@H](Cc1ccccc1)CS(=O)(=O)C(C)(C)C)C(=O)CCc1cnc[nH]1. The molecule has 0 radical (unpaired) electrons. The van der Waals surface area contributed by atoms with Gasteiger partial charge in [0.15, 0.2) is 9.84 Å². The molecule has 1 fully saturated rings. The van der Waals surface area contributed by atoms with Gasteiger partial charge < -0.3 is 15.2 Å². The van der Waals surface area contributed by atoms with Crippen LogP contribution in [0.5, 0.6) is 0 Å². The van der Waals surface area contributed by atoms with Crippen molar-refractivity contribution in [3.05, 3.63) is 54.1 Å². The van der Waals surface area contributed by atoms with Crippen molar-refractivity contribution in [2.24, 2.45) is 17.8 Å². The zero-order valence-electron chi connectivity index (χ0n) is 27.6. The molecule has 3 rings (SSSR count). The van der Waals surface area contributed by atoms with Gasteiger partial charge in [-0.25, -0.2) is 18.4 Å². The van der Waals surface area contributed by atoms with Crippen LogP contribution in [0.15, 0.2) is 42.9 Å². The summed E-state index contributed by atoms with van der Waals surface area (Å²) in [5.74, 6) is -2.46. The maximum Gasteiger partial charge on any atom is 0.243 e. The van der Waals surface area contributed by atoms with Crippen molar-refractivity contribution in [1.82, 2.24) is 20.4 Å². The second-order valence-electron chi connectivity index (χ2n) is 13.8. The molecule has 1 saturated carbocycles. The summed E-state index contributed by atoms with van der Waals surface area (Å²) in [5, 5.41) is 24.1. The van der Waals surface area contributed by atoms with Gasteiger partial charge in [0.2, 0.25) is 11.8 Å². The lowest BCUT2D eigenvalue weighted by molar-refractivity contribution is -0.154. The van der Waals surface area contributed by atoms with Gasteiger partial charge in [0, 0.05) is 18.3 Å². The highest BCUT2D eigenvalue weighted by Gasteiger charge is 2.40. The fourth-order valence-corrected chi connectivity index (χ4v) is 7.23. The van der Waals surface area contributed by atoms with Crippen LogP contribution in [0.25, 0.3) is 0 Å². The Labute approximate surface area is 269 Å². The molecule has 252 valence electrons. The van der Waals surface area contributed by atoms with Gasteiger partial charge in [-0.3, -0.25) is 15.0 Å². The fourth-order valence-electron chi connectivity index (χ4n) is 5.93. The lowest BCUT2D eigenvalue weighted by Gasteiger charge is -2.40. The predicted octanol–water partition coefficient (Wildman–Crippen LogP) is 4.38. The highest BCUT2D eigenvalue weighted by Crippen LogP contribution is 2.31. The Kier molecular flexibility index (Phi) is 13.6. The lowest BCUT2D eigenvalue weighted by Crippen LogP contribution is -2.60. The van der Waals surface area contributed by atoms with Crippen molar-refractivity contribution >= 4 is 21.7 Å². The van der Waals surface area contributed by atoms with Crippen LogP contribution < -0.4 is 5.43 Å². The minimum atomic E-state index is -3.71. The summed E-state index contributed by atoms with van der Waals surface area (Å²) in [7, 11) is -3.71. The molecule has 1 aliphatic carbocycles. The van der Waals surface area contributed by atoms with E-state index in [0.717, 1.165) is 43.4 Å². The third-order valence-electron chi connectivity index (χ3n) is 9.31. The van der Waals surface area contributed by atoms with Crippen LogP contribution in [0, 0.1) is 17.8 Å². The van der Waals surface area contributed by atoms with Gasteiger partial charge in [-0.1, -0.05) is 82.7 Å². The van der Waals surface area contributed by atoms with Crippen molar-refractivity contribution < 1.29 is 28.2 Å². The molecule has 1 heterocycles. The van der Waals surface area contributed by atoms with Crippen molar-refractivity contribution in [2.45, 2.75) is 122 Å². The molecule has 0 bridgehead atoms. The normalized spacial score (nSPS) is 18.0. The zero-order valence-corrected chi connectivity index (χ0v) is 28.4. The first-order valence-corrected chi connectivity index (χ1v) is 18.1. The number of benzene rings is 1. The number of imidazole rings is 1. The minimum absolute atomic E-state index is 0.0133. The smallest absolute Gasteiger partial charge is 0.243 e. The number of aryl methyl sites for hydroxylation is 1. The maximum absolute atomic E-state index is 14.1. The Morgan fingerprint density at radius 2 is 1.76 bits per heavy atom. The number of rotatable bonds is 15. The van der Waals surface area contributed by atoms with Crippen LogP contribution in [-0.2, 0) is 32.3 Å². The van der Waals surface area contributed by atoms with Crippen molar-refractivity contribution in [3.63, 3.8) is 0 Å². The highest BCUT2D eigenvalue weighted by atomic mass is 32.2. The summed E-state index contributed by atoms with van der Waals surface area (Å²) in [5.41, 5.74) is 4.35. The van der Waals surface area contributed by atoms with Gasteiger partial charge in [-0.15, -0.1) is 0 Å². The average Bonchev–Trinajstić information content (AvgIpc) is 3.54. The molecule has 5 atom stereocenters. The Morgan fingerprint density at radius 3 is 2.33 bits per heavy atom. The van der Waals surface area contributed by atoms with E-state index in [4.69, 9.17) is 0 Å². The van der Waals surface area contributed by atoms with E-state index < -0.39 is 56.3 Å². The van der Waals surface area contributed by atoms with E-state index in [1.165, 1.54) is 11.3 Å². The highest BCUT2D eigenvalue weighted by molar-refractivity contribution is 7.92. The van der Waals surface area contributed by atoms with E-state index >= 15 is 0 Å². The molecule has 2 aromatic rings. The van der Waals surface area contributed by atoms with E-state index in [-0.39, 0.29) is 24.7 Å². The first kappa shape index (κ1) is 36.7. The maximum atomic E-state index is 14.1. The van der Waals surface area contributed by atoms with Crippen LogP contribution in [0.4, 0.5) is 0 Å². The first-order valence-electron chi connectivity index (χ1n) is 16.5. The van der Waals surface area contributed by atoms with E-state index in [1.807, 2.05) is 44.2 Å². The quantitative estimate of drug-likeness (QED) is 0.210. The number of hydrogen-bond donors (Lipinski definition) is 4. The van der Waals surface area contributed by atoms with Gasteiger partial charge >= 0.3 is 0 Å². The number of hydrogen-bond acceptors (Lipinski definition) is 7. The van der Waals surface area contributed by atoms with E-state index in [2.05, 4.69) is 15.4 Å². The summed E-state index contributed by atoms with van der Waals surface area (Å²) in [6.45, 7) is 8.60. The fraction of sp³-hybridized carbons (Fsp3) is 0.676. The topological polar surface area (TPSA) is 153 Å². The molecule has 1 aliphatic rings. The van der Waals surface area contributed by atoms with Crippen LogP contribution in [-0.4, -0.2) is 74.2 Å². The second kappa shape index (κ2) is 16.7. The number of aliphatic hydroxyl groups is 2. The number of hydrazine groups is 1. The zero-order chi connectivity index (χ0) is 33.2. The van der Waals surface area contributed by atoms with Gasteiger partial charge in [0.25, 0.3) is 0 Å². The number of H-pyrrole nitrogens is 1. The Balaban J connectivity index is 2.00. The second-order valence-corrected chi connectivity index (χ2v) is 16.6. The number of aliphatic hydroxyl groups excluding tert-OH is 2. The molecule has 45 heavy (non-hydrogen) atoms. The first-order chi connectivity index (χ1) is 21.2. The number of aromatic nitrogens is 2. The summed E-state index contributed by atoms with van der Waals surface area (Å²) >= 11 is 0. The van der Waals surface area contributed by atoms with E-state index in [9.17, 15) is 28.2 Å². The third kappa shape index (κ3) is 10.6. The third-order valence-corrected chi connectivity index (χ3v) is 12.0. The van der Waals surface area contributed by atoms with Gasteiger partial charge in [-0.05, 0) is 57.4 Å². The van der Waals surface area contributed by atoms with Crippen LogP contribution >= 0.6 is 0 Å². The van der Waals surface area contributed by atoms with Crippen molar-refractivity contribution in [1.29, 1.82) is 0 Å². The molecule has 1 aromatic carbocycles. The number of nitrogens with zero attached hydrogens (tertiary/aromatic N) is 2. The molecular formula is C34H54N4O6S. The lowest BCUT2D eigenvalue weighted by atomic mass is 9.81. The van der Waals surface area contributed by atoms with Gasteiger partial charge in [-0.2, -0.15) is 0 Å². The van der Waals surface area contributed by atoms with Crippen LogP contribution in [0.2, 0.25) is 0 Å². The summed E-state index contributed by atoms with van der Waals surface area (Å²) < 4.78 is 25.7. The van der Waals surface area contributed by atoms with Crippen molar-refractivity contribution in [3.8, 4) is 0 Å². The predicted molar refractivity (Wildman–Crippen MR) is 176 cm³/mol. The molecule has 0 unspecified atom stereocenters. The summed E-state index contributed by atoms with van der Waals surface area (Å²) in [4.78, 5) is 35.2. The largest absolute Gasteiger partial charge is 0.390 e. The number of nitrogens with one attached hydrogen (secondary N) is 2. The van der Waals surface area contributed by atoms with Crippen LogP contribution in [0.3, 0.4) is 0 Å². The number of amides is 2. The molecule has 10 nitrogen and oxygen atoms in total. The molecule has 0 spiro atoms. The minimum Gasteiger partial charge on any atom is -0.390 e.